The number of benzene rings is 3. The van der Waals surface area contributed by atoms with Gasteiger partial charge in [-0.2, -0.15) is 0 Å². The van der Waals surface area contributed by atoms with Crippen molar-refractivity contribution >= 4 is 30.1 Å². The monoisotopic (exact) mass is 427 g/mol. The van der Waals surface area contributed by atoms with Gasteiger partial charge in [0.25, 0.3) is 0 Å². The van der Waals surface area contributed by atoms with Crippen molar-refractivity contribution in [2.75, 3.05) is 12.9 Å². The van der Waals surface area contributed by atoms with Gasteiger partial charge >= 0.3 is 5.97 Å². The largest absolute Gasteiger partial charge is 0.469 e. The maximum absolute atomic E-state index is 11.6. The third kappa shape index (κ3) is 5.41. The van der Waals surface area contributed by atoms with Gasteiger partial charge in [0, 0.05) is 11.8 Å². The van der Waals surface area contributed by atoms with Crippen molar-refractivity contribution in [1.29, 1.82) is 0 Å². The SMILES string of the molecule is COC(=O)C[C@@H](N)CSC(c1ccccc1)(c1ccccc1)c1ccccc1.Cl. The first-order chi connectivity index (χ1) is 13.7. The Bertz CT molecular complexity index is 778. The molecule has 2 N–H and O–H groups in total. The molecule has 0 aromatic heterocycles. The van der Waals surface area contributed by atoms with Crippen LogP contribution in [0.3, 0.4) is 0 Å². The van der Waals surface area contributed by atoms with E-state index in [9.17, 15) is 4.79 Å². The molecular weight excluding hydrogens is 402 g/mol. The summed E-state index contributed by atoms with van der Waals surface area (Å²) in [6.45, 7) is 0. The fourth-order valence-electron chi connectivity index (χ4n) is 3.36. The van der Waals surface area contributed by atoms with Gasteiger partial charge in [-0.1, -0.05) is 91.0 Å². The Kier molecular flexibility index (Phi) is 8.77. The van der Waals surface area contributed by atoms with Gasteiger partial charge in [-0.25, -0.2) is 0 Å². The third-order valence-electron chi connectivity index (χ3n) is 4.71. The number of esters is 1. The van der Waals surface area contributed by atoms with Crippen LogP contribution in [-0.2, 0) is 14.3 Å². The normalized spacial score (nSPS) is 11.9. The first kappa shape index (κ1) is 23.0. The summed E-state index contributed by atoms with van der Waals surface area (Å²) in [4.78, 5) is 11.6. The van der Waals surface area contributed by atoms with Gasteiger partial charge < -0.3 is 10.5 Å². The van der Waals surface area contributed by atoms with Crippen LogP contribution in [0.5, 0.6) is 0 Å². The number of methoxy groups -OCH3 is 1. The summed E-state index contributed by atoms with van der Waals surface area (Å²) >= 11 is 1.76. The summed E-state index contributed by atoms with van der Waals surface area (Å²) in [5.41, 5.74) is 9.82. The molecule has 5 heteroatoms. The van der Waals surface area contributed by atoms with E-state index in [0.717, 1.165) is 0 Å². The molecule has 3 aromatic carbocycles. The van der Waals surface area contributed by atoms with Crippen LogP contribution in [-0.4, -0.2) is 24.9 Å². The quantitative estimate of drug-likeness (QED) is 0.405. The molecule has 0 radical (unpaired) electrons. The average Bonchev–Trinajstić information content (AvgIpc) is 2.76. The summed E-state index contributed by atoms with van der Waals surface area (Å²) in [6.07, 6.45) is 0.206. The second kappa shape index (κ2) is 11.1. The molecule has 152 valence electrons. The number of hydrogen-bond donors (Lipinski definition) is 1. The highest BCUT2D eigenvalue weighted by Crippen LogP contribution is 2.48. The molecule has 3 aromatic rings. The van der Waals surface area contributed by atoms with Crippen molar-refractivity contribution in [3.05, 3.63) is 108 Å². The molecule has 0 bridgehead atoms. The Morgan fingerprint density at radius 2 is 1.24 bits per heavy atom. The van der Waals surface area contributed by atoms with Crippen LogP contribution in [0, 0.1) is 0 Å². The molecule has 3 rings (SSSR count). The number of carbonyl (C=O) groups is 1. The number of carbonyl (C=O) groups excluding carboxylic acids is 1. The Balaban J connectivity index is 0.00000300. The molecule has 0 aliphatic rings. The smallest absolute Gasteiger partial charge is 0.307 e. The zero-order chi connectivity index (χ0) is 19.8. The maximum Gasteiger partial charge on any atom is 0.307 e. The second-order valence-corrected chi connectivity index (χ2v) is 7.86. The van der Waals surface area contributed by atoms with Gasteiger partial charge in [0.2, 0.25) is 0 Å². The standard InChI is InChI=1S/C24H25NO2S.ClH/c1-27-23(26)17-22(25)18-28-24(19-11-5-2-6-12-19,20-13-7-3-8-14-20)21-15-9-4-10-16-21;/h2-16,22H,17-18,25H2,1H3;1H/t22-;/m1./s1. The third-order valence-corrected chi connectivity index (χ3v) is 6.45. The van der Waals surface area contributed by atoms with Crippen LogP contribution in [0.2, 0.25) is 0 Å². The predicted octanol–water partition coefficient (Wildman–Crippen LogP) is 5.02. The van der Waals surface area contributed by atoms with E-state index in [2.05, 4.69) is 72.8 Å². The van der Waals surface area contributed by atoms with Gasteiger partial charge in [0.15, 0.2) is 0 Å². The van der Waals surface area contributed by atoms with E-state index < -0.39 is 4.75 Å². The Morgan fingerprint density at radius 1 is 0.862 bits per heavy atom. The zero-order valence-electron chi connectivity index (χ0n) is 16.4. The van der Waals surface area contributed by atoms with Gasteiger partial charge in [-0.3, -0.25) is 4.79 Å². The van der Waals surface area contributed by atoms with Crippen molar-refractivity contribution < 1.29 is 9.53 Å². The lowest BCUT2D eigenvalue weighted by atomic mass is 9.84. The van der Waals surface area contributed by atoms with E-state index in [1.807, 2.05) is 18.2 Å². The van der Waals surface area contributed by atoms with Crippen molar-refractivity contribution in [3.63, 3.8) is 0 Å². The molecule has 0 unspecified atom stereocenters. The highest BCUT2D eigenvalue weighted by molar-refractivity contribution is 8.00. The van der Waals surface area contributed by atoms with Crippen molar-refractivity contribution in [3.8, 4) is 0 Å². The number of thioether (sulfide) groups is 1. The number of hydrogen-bond acceptors (Lipinski definition) is 4. The fourth-order valence-corrected chi connectivity index (χ4v) is 4.85. The number of halogens is 1. The van der Waals surface area contributed by atoms with Crippen molar-refractivity contribution in [1.82, 2.24) is 0 Å². The van der Waals surface area contributed by atoms with E-state index in [1.54, 1.807) is 11.8 Å². The highest BCUT2D eigenvalue weighted by Gasteiger charge is 2.37. The molecule has 0 spiro atoms. The lowest BCUT2D eigenvalue weighted by Gasteiger charge is -2.36. The van der Waals surface area contributed by atoms with E-state index >= 15 is 0 Å². The summed E-state index contributed by atoms with van der Waals surface area (Å²) < 4.78 is 4.36. The van der Waals surface area contributed by atoms with Crippen LogP contribution in [0.1, 0.15) is 23.1 Å². The van der Waals surface area contributed by atoms with Crippen molar-refractivity contribution in [2.45, 2.75) is 17.2 Å². The molecule has 3 nitrogen and oxygen atoms in total. The lowest BCUT2D eigenvalue weighted by Crippen LogP contribution is -2.32. The van der Waals surface area contributed by atoms with Gasteiger partial charge in [-0.15, -0.1) is 24.2 Å². The van der Waals surface area contributed by atoms with Crippen LogP contribution < -0.4 is 5.73 Å². The van der Waals surface area contributed by atoms with Gasteiger partial charge in [-0.05, 0) is 16.7 Å². The minimum absolute atomic E-state index is 0. The zero-order valence-corrected chi connectivity index (χ0v) is 18.0. The molecule has 0 aliphatic carbocycles. The molecular formula is C24H26ClNO2S. The summed E-state index contributed by atoms with van der Waals surface area (Å²) in [5, 5.41) is 0. The lowest BCUT2D eigenvalue weighted by molar-refractivity contribution is -0.140. The molecule has 0 amide bonds. The minimum atomic E-state index is -0.419. The minimum Gasteiger partial charge on any atom is -0.469 e. The van der Waals surface area contributed by atoms with Gasteiger partial charge in [0.1, 0.15) is 0 Å². The first-order valence-corrected chi connectivity index (χ1v) is 10.3. The Labute approximate surface area is 183 Å². The molecule has 0 aliphatic heterocycles. The summed E-state index contributed by atoms with van der Waals surface area (Å²) in [5.74, 6) is 0.339. The molecule has 29 heavy (non-hydrogen) atoms. The van der Waals surface area contributed by atoms with Crippen molar-refractivity contribution in [2.24, 2.45) is 5.73 Å². The topological polar surface area (TPSA) is 52.3 Å². The summed E-state index contributed by atoms with van der Waals surface area (Å²) in [6, 6.07) is 31.1. The number of nitrogens with two attached hydrogens (primary N) is 1. The highest BCUT2D eigenvalue weighted by atomic mass is 35.5. The molecule has 0 heterocycles. The Morgan fingerprint density at radius 3 is 1.59 bits per heavy atom. The predicted molar refractivity (Wildman–Crippen MR) is 124 cm³/mol. The number of rotatable bonds is 8. The van der Waals surface area contributed by atoms with Crippen LogP contribution in [0.25, 0.3) is 0 Å². The van der Waals surface area contributed by atoms with Gasteiger partial charge in [0.05, 0.1) is 18.3 Å². The number of ether oxygens (including phenoxy) is 1. The Hall–Kier alpha value is -2.27. The molecule has 0 fully saturated rings. The van der Waals surface area contributed by atoms with E-state index in [0.29, 0.717) is 5.75 Å². The van der Waals surface area contributed by atoms with Crippen LogP contribution >= 0.6 is 24.2 Å². The summed E-state index contributed by atoms with van der Waals surface area (Å²) in [7, 11) is 1.39. The van der Waals surface area contributed by atoms with E-state index in [4.69, 9.17) is 10.5 Å². The van der Waals surface area contributed by atoms with Crippen LogP contribution in [0.15, 0.2) is 91.0 Å². The molecule has 0 saturated carbocycles. The first-order valence-electron chi connectivity index (χ1n) is 9.29. The molecule has 0 saturated heterocycles. The van der Waals surface area contributed by atoms with E-state index in [-0.39, 0.29) is 30.8 Å². The fraction of sp³-hybridized carbons (Fsp3) is 0.208. The second-order valence-electron chi connectivity index (χ2n) is 6.63. The average molecular weight is 428 g/mol. The van der Waals surface area contributed by atoms with Crippen LogP contribution in [0.4, 0.5) is 0 Å². The molecule has 1 atom stereocenters. The maximum atomic E-state index is 11.6. The van der Waals surface area contributed by atoms with E-state index in [1.165, 1.54) is 23.8 Å².